The zero-order valence-corrected chi connectivity index (χ0v) is 23.5. The van der Waals surface area contributed by atoms with Crippen molar-refractivity contribution in [3.05, 3.63) is 95.6 Å². The lowest BCUT2D eigenvalue weighted by molar-refractivity contribution is -0.139. The highest BCUT2D eigenvalue weighted by Crippen LogP contribution is 2.24. The van der Waals surface area contributed by atoms with Crippen LogP contribution in [0.25, 0.3) is 0 Å². The van der Waals surface area contributed by atoms with Crippen LogP contribution in [0.2, 0.25) is 0 Å². The van der Waals surface area contributed by atoms with E-state index in [0.717, 1.165) is 27.4 Å². The summed E-state index contributed by atoms with van der Waals surface area (Å²) in [6.45, 7) is 9.11. The molecule has 0 spiro atoms. The molecule has 7 nitrogen and oxygen atoms in total. The van der Waals surface area contributed by atoms with E-state index in [4.69, 9.17) is 0 Å². The van der Waals surface area contributed by atoms with Gasteiger partial charge in [-0.1, -0.05) is 72.6 Å². The largest absolute Gasteiger partial charge is 0.352 e. The summed E-state index contributed by atoms with van der Waals surface area (Å²) >= 11 is 0. The molecule has 3 aromatic carbocycles. The third kappa shape index (κ3) is 7.22. The van der Waals surface area contributed by atoms with E-state index in [9.17, 15) is 18.0 Å². The predicted molar refractivity (Wildman–Crippen MR) is 151 cm³/mol. The zero-order valence-electron chi connectivity index (χ0n) is 22.7. The molecular formula is C30H37N3O4S. The van der Waals surface area contributed by atoms with Crippen LogP contribution in [0.5, 0.6) is 0 Å². The lowest BCUT2D eigenvalue weighted by Crippen LogP contribution is -2.52. The van der Waals surface area contributed by atoms with Gasteiger partial charge in [-0.3, -0.25) is 13.9 Å². The molecule has 0 aliphatic rings. The van der Waals surface area contributed by atoms with Crippen molar-refractivity contribution < 1.29 is 18.0 Å². The number of rotatable bonds is 11. The molecule has 0 heterocycles. The molecule has 38 heavy (non-hydrogen) atoms. The van der Waals surface area contributed by atoms with Crippen molar-refractivity contribution in [1.29, 1.82) is 0 Å². The molecule has 2 atom stereocenters. The number of nitrogens with zero attached hydrogens (tertiary/aromatic N) is 2. The Hall–Kier alpha value is -3.65. The molecule has 0 saturated heterocycles. The van der Waals surface area contributed by atoms with Crippen molar-refractivity contribution in [2.75, 3.05) is 10.8 Å². The van der Waals surface area contributed by atoms with Crippen molar-refractivity contribution in [3.63, 3.8) is 0 Å². The normalized spacial score (nSPS) is 12.9. The van der Waals surface area contributed by atoms with E-state index in [2.05, 4.69) is 5.32 Å². The van der Waals surface area contributed by atoms with Crippen molar-refractivity contribution in [2.24, 2.45) is 0 Å². The molecule has 0 bridgehead atoms. The molecule has 0 aromatic heterocycles. The first-order chi connectivity index (χ1) is 18.0. The average Bonchev–Trinajstić information content (AvgIpc) is 2.90. The SMILES string of the molecule is CCC(C)NC(=O)C(C)N(Cc1cccc(C)c1)C(=O)CN(c1ccccc1)S(=O)(=O)c1ccc(C)cc1. The summed E-state index contributed by atoms with van der Waals surface area (Å²) < 4.78 is 28.7. The molecule has 3 rings (SSSR count). The molecule has 1 N–H and O–H groups in total. The zero-order chi connectivity index (χ0) is 27.9. The first-order valence-electron chi connectivity index (χ1n) is 12.8. The smallest absolute Gasteiger partial charge is 0.264 e. The summed E-state index contributed by atoms with van der Waals surface area (Å²) in [6, 6.07) is 21.9. The molecule has 0 aliphatic carbocycles. The summed E-state index contributed by atoms with van der Waals surface area (Å²) in [6.07, 6.45) is 0.751. The van der Waals surface area contributed by atoms with Crippen LogP contribution in [-0.2, 0) is 26.2 Å². The summed E-state index contributed by atoms with van der Waals surface area (Å²) in [5.74, 6) is -0.758. The Balaban J connectivity index is 2.00. The summed E-state index contributed by atoms with van der Waals surface area (Å²) in [4.78, 5) is 28.5. The van der Waals surface area contributed by atoms with Gasteiger partial charge in [-0.25, -0.2) is 8.42 Å². The number of carbonyl (C=O) groups is 2. The van der Waals surface area contributed by atoms with Crippen LogP contribution in [0, 0.1) is 13.8 Å². The highest BCUT2D eigenvalue weighted by atomic mass is 32.2. The molecule has 2 unspecified atom stereocenters. The summed E-state index contributed by atoms with van der Waals surface area (Å²) in [7, 11) is -4.06. The molecule has 0 saturated carbocycles. The first-order valence-corrected chi connectivity index (χ1v) is 14.3. The Bertz CT molecular complexity index is 1340. The van der Waals surface area contributed by atoms with Crippen LogP contribution in [0.4, 0.5) is 5.69 Å². The number of benzene rings is 3. The molecule has 2 amide bonds. The van der Waals surface area contributed by atoms with E-state index in [1.165, 1.54) is 17.0 Å². The van der Waals surface area contributed by atoms with Crippen LogP contribution >= 0.6 is 0 Å². The number of hydrogen-bond donors (Lipinski definition) is 1. The number of aryl methyl sites for hydroxylation is 2. The van der Waals surface area contributed by atoms with Crippen LogP contribution < -0.4 is 9.62 Å². The van der Waals surface area contributed by atoms with Crippen LogP contribution in [0.15, 0.2) is 83.8 Å². The highest BCUT2D eigenvalue weighted by Gasteiger charge is 2.32. The number of nitrogens with one attached hydrogen (secondary N) is 1. The number of amides is 2. The van der Waals surface area contributed by atoms with Crippen molar-refractivity contribution in [1.82, 2.24) is 10.2 Å². The number of hydrogen-bond acceptors (Lipinski definition) is 4. The minimum absolute atomic E-state index is 0.0522. The van der Waals surface area contributed by atoms with Gasteiger partial charge in [-0.2, -0.15) is 0 Å². The second kappa shape index (κ2) is 12.7. The Morgan fingerprint density at radius 1 is 0.868 bits per heavy atom. The van der Waals surface area contributed by atoms with E-state index in [1.54, 1.807) is 49.4 Å². The molecule has 3 aromatic rings. The fraction of sp³-hybridized carbons (Fsp3) is 0.333. The van der Waals surface area contributed by atoms with E-state index >= 15 is 0 Å². The van der Waals surface area contributed by atoms with Gasteiger partial charge in [0.25, 0.3) is 10.0 Å². The third-order valence-corrected chi connectivity index (χ3v) is 8.32. The fourth-order valence-electron chi connectivity index (χ4n) is 4.02. The van der Waals surface area contributed by atoms with E-state index < -0.39 is 28.5 Å². The average molecular weight is 536 g/mol. The fourth-order valence-corrected chi connectivity index (χ4v) is 5.43. The minimum Gasteiger partial charge on any atom is -0.352 e. The van der Waals surface area contributed by atoms with Gasteiger partial charge in [0, 0.05) is 12.6 Å². The summed E-state index contributed by atoms with van der Waals surface area (Å²) in [5, 5.41) is 2.94. The van der Waals surface area contributed by atoms with Gasteiger partial charge < -0.3 is 10.2 Å². The van der Waals surface area contributed by atoms with E-state index in [0.29, 0.717) is 5.69 Å². The van der Waals surface area contributed by atoms with Crippen LogP contribution in [-0.4, -0.2) is 43.8 Å². The van der Waals surface area contributed by atoms with Gasteiger partial charge in [-0.05, 0) is 63.9 Å². The van der Waals surface area contributed by atoms with Gasteiger partial charge in [-0.15, -0.1) is 0 Å². The Labute approximate surface area is 226 Å². The van der Waals surface area contributed by atoms with Crippen molar-refractivity contribution in [3.8, 4) is 0 Å². The number of para-hydroxylation sites is 1. The maximum Gasteiger partial charge on any atom is 0.264 e. The molecule has 0 fully saturated rings. The maximum atomic E-state index is 13.9. The minimum atomic E-state index is -4.06. The molecule has 0 radical (unpaired) electrons. The van der Waals surface area contributed by atoms with Gasteiger partial charge in [0.2, 0.25) is 11.8 Å². The molecular weight excluding hydrogens is 498 g/mol. The number of carbonyl (C=O) groups excluding carboxylic acids is 2. The van der Waals surface area contributed by atoms with Gasteiger partial charge in [0.05, 0.1) is 10.6 Å². The highest BCUT2D eigenvalue weighted by molar-refractivity contribution is 7.92. The molecule has 202 valence electrons. The number of sulfonamides is 1. The Morgan fingerprint density at radius 2 is 1.53 bits per heavy atom. The van der Waals surface area contributed by atoms with Crippen LogP contribution in [0.3, 0.4) is 0 Å². The monoisotopic (exact) mass is 535 g/mol. The van der Waals surface area contributed by atoms with Crippen molar-refractivity contribution in [2.45, 2.75) is 64.6 Å². The third-order valence-electron chi connectivity index (χ3n) is 6.54. The van der Waals surface area contributed by atoms with E-state index in [-0.39, 0.29) is 23.4 Å². The first kappa shape index (κ1) is 28.9. The Morgan fingerprint density at radius 3 is 2.13 bits per heavy atom. The molecule has 8 heteroatoms. The summed E-state index contributed by atoms with van der Waals surface area (Å²) in [5.41, 5.74) is 3.18. The van der Waals surface area contributed by atoms with Gasteiger partial charge in [0.1, 0.15) is 12.6 Å². The second-order valence-corrected chi connectivity index (χ2v) is 11.5. The topological polar surface area (TPSA) is 86.8 Å². The maximum absolute atomic E-state index is 13.9. The quantitative estimate of drug-likeness (QED) is 0.381. The van der Waals surface area contributed by atoms with Crippen LogP contribution in [0.1, 0.15) is 43.9 Å². The van der Waals surface area contributed by atoms with Gasteiger partial charge in [0.15, 0.2) is 0 Å². The lowest BCUT2D eigenvalue weighted by atomic mass is 10.1. The van der Waals surface area contributed by atoms with E-state index in [1.807, 2.05) is 52.0 Å². The number of anilines is 1. The predicted octanol–water partition coefficient (Wildman–Crippen LogP) is 4.83. The second-order valence-electron chi connectivity index (χ2n) is 9.66. The van der Waals surface area contributed by atoms with Gasteiger partial charge >= 0.3 is 0 Å². The Kier molecular flexibility index (Phi) is 9.69. The molecule has 0 aliphatic heterocycles. The van der Waals surface area contributed by atoms with Crippen molar-refractivity contribution >= 4 is 27.5 Å². The standard InChI is InChI=1S/C30H37N3O4S/c1-6-24(4)31-30(35)25(5)32(20-26-12-10-11-23(3)19-26)29(34)21-33(27-13-8-7-9-14-27)38(36,37)28-17-15-22(2)16-18-28/h7-19,24-25H,6,20-21H2,1-5H3,(H,31,35). The lowest BCUT2D eigenvalue weighted by Gasteiger charge is -2.32.